The quantitative estimate of drug-likeness (QED) is 0.624. The molecule has 2 heteroatoms. The van der Waals surface area contributed by atoms with Crippen LogP contribution in [0, 0.1) is 5.92 Å². The summed E-state index contributed by atoms with van der Waals surface area (Å²) in [5, 5.41) is 0. The molecule has 0 aromatic heterocycles. The number of hydrogen-bond donors (Lipinski definition) is 0. The van der Waals surface area contributed by atoms with Crippen molar-refractivity contribution in [2.45, 2.75) is 33.0 Å². The summed E-state index contributed by atoms with van der Waals surface area (Å²) in [7, 11) is 0. The number of rotatable bonds is 3. The highest BCUT2D eigenvalue weighted by Gasteiger charge is 2.10. The van der Waals surface area contributed by atoms with Gasteiger partial charge in [0.05, 0.1) is 12.9 Å². The van der Waals surface area contributed by atoms with Crippen molar-refractivity contribution in [3.05, 3.63) is 12.3 Å². The van der Waals surface area contributed by atoms with Gasteiger partial charge >= 0.3 is 0 Å². The molecule has 11 heavy (non-hydrogen) atoms. The maximum absolute atomic E-state index is 5.47. The SMILES string of the molecule is CC(C)CO[C@H]1CCC=CO1. The summed E-state index contributed by atoms with van der Waals surface area (Å²) in [5.74, 6) is 0.588. The van der Waals surface area contributed by atoms with Crippen LogP contribution in [0.5, 0.6) is 0 Å². The Kier molecular flexibility index (Phi) is 3.43. The lowest BCUT2D eigenvalue weighted by molar-refractivity contribution is -0.122. The van der Waals surface area contributed by atoms with Gasteiger partial charge in [0.15, 0.2) is 6.29 Å². The molecule has 0 saturated carbocycles. The largest absolute Gasteiger partial charge is 0.473 e. The molecular weight excluding hydrogens is 140 g/mol. The lowest BCUT2D eigenvalue weighted by atomic mass is 10.2. The molecule has 1 aliphatic rings. The molecule has 1 rings (SSSR count). The lowest BCUT2D eigenvalue weighted by Gasteiger charge is -2.20. The first kappa shape index (κ1) is 8.60. The van der Waals surface area contributed by atoms with E-state index in [1.807, 2.05) is 6.08 Å². The Bertz CT molecular complexity index is 130. The van der Waals surface area contributed by atoms with Crippen LogP contribution in [-0.4, -0.2) is 12.9 Å². The van der Waals surface area contributed by atoms with Crippen LogP contribution < -0.4 is 0 Å². The first-order chi connectivity index (χ1) is 5.29. The van der Waals surface area contributed by atoms with Gasteiger partial charge in [-0.2, -0.15) is 0 Å². The molecule has 0 aliphatic carbocycles. The summed E-state index contributed by atoms with van der Waals surface area (Å²) in [5.41, 5.74) is 0. The third kappa shape index (κ3) is 3.42. The van der Waals surface area contributed by atoms with E-state index in [1.165, 1.54) is 0 Å². The van der Waals surface area contributed by atoms with Crippen LogP contribution in [0.3, 0.4) is 0 Å². The highest BCUT2D eigenvalue weighted by atomic mass is 16.7. The first-order valence-corrected chi connectivity index (χ1v) is 4.21. The van der Waals surface area contributed by atoms with Crippen molar-refractivity contribution in [3.8, 4) is 0 Å². The molecule has 0 amide bonds. The molecule has 0 saturated heterocycles. The van der Waals surface area contributed by atoms with E-state index >= 15 is 0 Å². The van der Waals surface area contributed by atoms with E-state index in [1.54, 1.807) is 6.26 Å². The second-order valence-corrected chi connectivity index (χ2v) is 3.24. The predicted molar refractivity (Wildman–Crippen MR) is 44.0 cm³/mol. The van der Waals surface area contributed by atoms with Gasteiger partial charge in [0.1, 0.15) is 0 Å². The Hall–Kier alpha value is -0.500. The molecule has 0 spiro atoms. The van der Waals surface area contributed by atoms with Crippen LogP contribution in [0.15, 0.2) is 12.3 Å². The van der Waals surface area contributed by atoms with Crippen molar-refractivity contribution in [3.63, 3.8) is 0 Å². The van der Waals surface area contributed by atoms with Crippen LogP contribution in [0.4, 0.5) is 0 Å². The normalized spacial score (nSPS) is 23.7. The first-order valence-electron chi connectivity index (χ1n) is 4.21. The van der Waals surface area contributed by atoms with Crippen LogP contribution in [-0.2, 0) is 9.47 Å². The maximum atomic E-state index is 5.47. The van der Waals surface area contributed by atoms with Gasteiger partial charge in [-0.25, -0.2) is 0 Å². The summed E-state index contributed by atoms with van der Waals surface area (Å²) >= 11 is 0. The minimum absolute atomic E-state index is 0.00222. The molecule has 0 bridgehead atoms. The van der Waals surface area contributed by atoms with E-state index in [4.69, 9.17) is 9.47 Å². The van der Waals surface area contributed by atoms with Gasteiger partial charge in [-0.05, 0) is 18.4 Å². The second kappa shape index (κ2) is 4.39. The maximum Gasteiger partial charge on any atom is 0.199 e. The van der Waals surface area contributed by atoms with Gasteiger partial charge in [-0.3, -0.25) is 0 Å². The van der Waals surface area contributed by atoms with Crippen LogP contribution >= 0.6 is 0 Å². The second-order valence-electron chi connectivity index (χ2n) is 3.24. The smallest absolute Gasteiger partial charge is 0.199 e. The highest BCUT2D eigenvalue weighted by molar-refractivity contribution is 4.79. The fourth-order valence-electron chi connectivity index (χ4n) is 0.934. The van der Waals surface area contributed by atoms with Gasteiger partial charge in [-0.15, -0.1) is 0 Å². The Morgan fingerprint density at radius 2 is 2.45 bits per heavy atom. The van der Waals surface area contributed by atoms with Gasteiger partial charge in [0.2, 0.25) is 0 Å². The van der Waals surface area contributed by atoms with E-state index < -0.39 is 0 Å². The summed E-state index contributed by atoms with van der Waals surface area (Å²) in [6, 6.07) is 0. The number of allylic oxidation sites excluding steroid dienone is 1. The van der Waals surface area contributed by atoms with Gasteiger partial charge in [0.25, 0.3) is 0 Å². The van der Waals surface area contributed by atoms with Crippen molar-refractivity contribution < 1.29 is 9.47 Å². The van der Waals surface area contributed by atoms with E-state index in [2.05, 4.69) is 13.8 Å². The van der Waals surface area contributed by atoms with E-state index in [-0.39, 0.29) is 6.29 Å². The molecule has 2 nitrogen and oxygen atoms in total. The Labute approximate surface area is 68.2 Å². The molecule has 64 valence electrons. The Morgan fingerprint density at radius 1 is 1.64 bits per heavy atom. The van der Waals surface area contributed by atoms with Crippen molar-refractivity contribution in [2.24, 2.45) is 5.92 Å². The molecule has 1 atom stereocenters. The monoisotopic (exact) mass is 156 g/mol. The van der Waals surface area contributed by atoms with Crippen LogP contribution in [0.25, 0.3) is 0 Å². The minimum atomic E-state index is 0.00222. The van der Waals surface area contributed by atoms with Gasteiger partial charge < -0.3 is 9.47 Å². The molecule has 0 aromatic carbocycles. The molecule has 1 heterocycles. The number of hydrogen-bond acceptors (Lipinski definition) is 2. The van der Waals surface area contributed by atoms with E-state index in [9.17, 15) is 0 Å². The zero-order chi connectivity index (χ0) is 8.10. The Morgan fingerprint density at radius 3 is 3.00 bits per heavy atom. The third-order valence-corrected chi connectivity index (χ3v) is 1.51. The third-order valence-electron chi connectivity index (χ3n) is 1.51. The average molecular weight is 156 g/mol. The van der Waals surface area contributed by atoms with Crippen molar-refractivity contribution in [2.75, 3.05) is 6.61 Å². The van der Waals surface area contributed by atoms with Crippen LogP contribution in [0.1, 0.15) is 26.7 Å². The summed E-state index contributed by atoms with van der Waals surface area (Å²) in [6.07, 6.45) is 5.82. The predicted octanol–water partition coefficient (Wildman–Crippen LogP) is 2.31. The molecule has 0 N–H and O–H groups in total. The Balaban J connectivity index is 2.11. The lowest BCUT2D eigenvalue weighted by Crippen LogP contribution is -2.19. The zero-order valence-electron chi connectivity index (χ0n) is 7.25. The fourth-order valence-corrected chi connectivity index (χ4v) is 0.934. The standard InChI is InChI=1S/C9H16O2/c1-8(2)7-11-9-5-3-4-6-10-9/h4,6,8-9H,3,5,7H2,1-2H3/t9-/m0/s1. The molecule has 0 unspecified atom stereocenters. The molecule has 0 fully saturated rings. The van der Waals surface area contributed by atoms with E-state index in [0.717, 1.165) is 19.4 Å². The average Bonchev–Trinajstić information content (AvgIpc) is 2.03. The van der Waals surface area contributed by atoms with Crippen molar-refractivity contribution >= 4 is 0 Å². The summed E-state index contributed by atoms with van der Waals surface area (Å²) in [6.45, 7) is 5.07. The number of ether oxygens (including phenoxy) is 2. The van der Waals surface area contributed by atoms with Gasteiger partial charge in [0, 0.05) is 6.42 Å². The van der Waals surface area contributed by atoms with Gasteiger partial charge in [-0.1, -0.05) is 13.8 Å². The molecule has 1 aliphatic heterocycles. The van der Waals surface area contributed by atoms with Crippen molar-refractivity contribution in [1.29, 1.82) is 0 Å². The fraction of sp³-hybridized carbons (Fsp3) is 0.778. The van der Waals surface area contributed by atoms with Crippen LogP contribution in [0.2, 0.25) is 0 Å². The minimum Gasteiger partial charge on any atom is -0.473 e. The molecule has 0 aromatic rings. The molecular formula is C9H16O2. The van der Waals surface area contributed by atoms with Crippen molar-refractivity contribution in [1.82, 2.24) is 0 Å². The zero-order valence-corrected chi connectivity index (χ0v) is 7.25. The summed E-state index contributed by atoms with van der Waals surface area (Å²) in [4.78, 5) is 0. The topological polar surface area (TPSA) is 18.5 Å². The summed E-state index contributed by atoms with van der Waals surface area (Å²) < 4.78 is 10.7. The van der Waals surface area contributed by atoms with E-state index in [0.29, 0.717) is 5.92 Å². The highest BCUT2D eigenvalue weighted by Crippen LogP contribution is 2.12. The molecule has 0 radical (unpaired) electrons.